The second kappa shape index (κ2) is 11.1. The molecule has 5 rings (SSSR count). The van der Waals surface area contributed by atoms with Crippen molar-refractivity contribution in [1.82, 2.24) is 9.80 Å². The Kier molecular flexibility index (Phi) is 7.42. The van der Waals surface area contributed by atoms with Gasteiger partial charge in [0.05, 0.1) is 25.9 Å². The van der Waals surface area contributed by atoms with Gasteiger partial charge in [0.25, 0.3) is 0 Å². The van der Waals surface area contributed by atoms with Crippen molar-refractivity contribution in [2.45, 2.75) is 24.2 Å². The summed E-state index contributed by atoms with van der Waals surface area (Å²) in [6.07, 6.45) is -1.93. The van der Waals surface area contributed by atoms with E-state index in [1.807, 2.05) is 42.5 Å². The molecule has 3 aromatic carbocycles. The first-order valence-corrected chi connectivity index (χ1v) is 12.5. The number of anilines is 1. The summed E-state index contributed by atoms with van der Waals surface area (Å²) < 4.78 is 5.18. The number of fused-ring (bicyclic) bond motifs is 1. The smallest absolute Gasteiger partial charge is 0.321 e. The van der Waals surface area contributed by atoms with Gasteiger partial charge in [-0.2, -0.15) is 0 Å². The van der Waals surface area contributed by atoms with Gasteiger partial charge >= 0.3 is 6.03 Å². The highest BCUT2D eigenvalue weighted by Crippen LogP contribution is 2.36. The van der Waals surface area contributed by atoms with Gasteiger partial charge < -0.3 is 25.2 Å². The highest BCUT2D eigenvalue weighted by Gasteiger charge is 2.44. The number of β-amino-alcohol motifs (C(OH)–C–C–N with tert-alkyl or cyclic N) is 1. The molecule has 2 heterocycles. The van der Waals surface area contributed by atoms with Gasteiger partial charge in [0.15, 0.2) is 0 Å². The van der Waals surface area contributed by atoms with Crippen LogP contribution >= 0.6 is 0 Å². The van der Waals surface area contributed by atoms with Gasteiger partial charge in [-0.25, -0.2) is 4.79 Å². The molecule has 2 fully saturated rings. The standard InChI is InChI=1S/C30H31N3O4/c1-37-25-15-13-24(14-16-25)31-30(36)33-18-27-26(17-32(27)19-28(34)29(35)20-33)23-11-9-22(10-12-23)8-7-21-5-3-2-4-6-21/h2-6,9-16,26-29,34-35H,17-20H2,1H3,(H,31,36)/t26-,27+,28+,29-/m1/s1. The molecule has 2 amide bonds. The van der Waals surface area contributed by atoms with Gasteiger partial charge in [-0.3, -0.25) is 4.90 Å². The Hall–Kier alpha value is -3.83. The number of carbonyl (C=O) groups excluding carboxylic acids is 1. The van der Waals surface area contributed by atoms with Crippen LogP contribution < -0.4 is 10.1 Å². The lowest BCUT2D eigenvalue weighted by Crippen LogP contribution is -2.65. The Morgan fingerprint density at radius 1 is 0.838 bits per heavy atom. The fourth-order valence-electron chi connectivity index (χ4n) is 4.94. The van der Waals surface area contributed by atoms with Crippen molar-refractivity contribution >= 4 is 11.7 Å². The summed E-state index contributed by atoms with van der Waals surface area (Å²) >= 11 is 0. The predicted molar refractivity (Wildman–Crippen MR) is 143 cm³/mol. The molecular formula is C30H31N3O4. The van der Waals surface area contributed by atoms with Crippen LogP contribution in [-0.2, 0) is 0 Å². The van der Waals surface area contributed by atoms with Gasteiger partial charge in [0.2, 0.25) is 0 Å². The average Bonchev–Trinajstić information content (AvgIpc) is 2.92. The summed E-state index contributed by atoms with van der Waals surface area (Å²) in [6, 6.07) is 25.0. The molecule has 2 saturated heterocycles. The molecule has 2 aliphatic rings. The largest absolute Gasteiger partial charge is 0.497 e. The molecule has 4 atom stereocenters. The first-order chi connectivity index (χ1) is 18.0. The fourth-order valence-corrected chi connectivity index (χ4v) is 4.94. The van der Waals surface area contributed by atoms with E-state index >= 15 is 0 Å². The summed E-state index contributed by atoms with van der Waals surface area (Å²) in [6.45, 7) is 1.66. The fraction of sp³-hybridized carbons (Fsp3) is 0.300. The Bertz CT molecular complexity index is 1270. The van der Waals surface area contributed by atoms with E-state index in [9.17, 15) is 15.0 Å². The number of hydrogen-bond donors (Lipinski definition) is 3. The van der Waals surface area contributed by atoms with Crippen molar-refractivity contribution in [2.75, 3.05) is 38.6 Å². The zero-order chi connectivity index (χ0) is 25.8. The van der Waals surface area contributed by atoms with Crippen molar-refractivity contribution < 1.29 is 19.7 Å². The highest BCUT2D eigenvalue weighted by atomic mass is 16.5. The molecule has 3 N–H and O–H groups in total. The Morgan fingerprint density at radius 2 is 1.49 bits per heavy atom. The quantitative estimate of drug-likeness (QED) is 0.484. The molecule has 0 saturated carbocycles. The van der Waals surface area contributed by atoms with Gasteiger partial charge in [0, 0.05) is 48.4 Å². The lowest BCUT2D eigenvalue weighted by Gasteiger charge is -2.52. The number of methoxy groups -OCH3 is 1. The van der Waals surface area contributed by atoms with Crippen LogP contribution in [0.15, 0.2) is 78.9 Å². The number of amides is 2. The lowest BCUT2D eigenvalue weighted by molar-refractivity contribution is -0.0720. The Morgan fingerprint density at radius 3 is 2.16 bits per heavy atom. The number of hydrogen-bond acceptors (Lipinski definition) is 5. The zero-order valence-electron chi connectivity index (χ0n) is 20.7. The number of ether oxygens (including phenoxy) is 1. The highest BCUT2D eigenvalue weighted by molar-refractivity contribution is 5.89. The topological polar surface area (TPSA) is 85.3 Å². The third-order valence-corrected chi connectivity index (χ3v) is 7.14. The molecule has 2 aliphatic heterocycles. The summed E-state index contributed by atoms with van der Waals surface area (Å²) in [5.41, 5.74) is 3.74. The van der Waals surface area contributed by atoms with Crippen LogP contribution in [0.3, 0.4) is 0 Å². The zero-order valence-corrected chi connectivity index (χ0v) is 20.7. The van der Waals surface area contributed by atoms with Gasteiger partial charge in [-0.05, 0) is 54.1 Å². The van der Waals surface area contributed by atoms with E-state index < -0.39 is 12.2 Å². The number of urea groups is 1. The minimum atomic E-state index is -1.01. The first-order valence-electron chi connectivity index (χ1n) is 12.5. The van der Waals surface area contributed by atoms with E-state index in [1.54, 1.807) is 36.3 Å². The second-order valence-electron chi connectivity index (χ2n) is 9.56. The minimum absolute atomic E-state index is 0.0463. The maximum absolute atomic E-state index is 13.1. The van der Waals surface area contributed by atoms with Crippen LogP contribution in [0.4, 0.5) is 10.5 Å². The van der Waals surface area contributed by atoms with Crippen LogP contribution in [0.25, 0.3) is 0 Å². The third kappa shape index (κ3) is 5.78. The predicted octanol–water partition coefficient (Wildman–Crippen LogP) is 3.13. The van der Waals surface area contributed by atoms with Gasteiger partial charge in [-0.15, -0.1) is 0 Å². The van der Waals surface area contributed by atoms with Crippen molar-refractivity contribution in [1.29, 1.82) is 0 Å². The Balaban J connectivity index is 1.29. The molecule has 0 unspecified atom stereocenters. The lowest BCUT2D eigenvalue weighted by atomic mass is 9.81. The van der Waals surface area contributed by atoms with Crippen LogP contribution in [0.2, 0.25) is 0 Å². The molecule has 3 aromatic rings. The van der Waals surface area contributed by atoms with Crippen molar-refractivity contribution in [2.24, 2.45) is 0 Å². The minimum Gasteiger partial charge on any atom is -0.497 e. The van der Waals surface area contributed by atoms with Crippen molar-refractivity contribution in [3.8, 4) is 17.6 Å². The molecule has 0 bridgehead atoms. The normalized spacial score (nSPS) is 23.4. The van der Waals surface area contributed by atoms with E-state index in [2.05, 4.69) is 34.2 Å². The van der Waals surface area contributed by atoms with Crippen LogP contribution in [0, 0.1) is 11.8 Å². The summed E-state index contributed by atoms with van der Waals surface area (Å²) in [5, 5.41) is 23.9. The monoisotopic (exact) mass is 497 g/mol. The number of aliphatic hydroxyl groups is 2. The van der Waals surface area contributed by atoms with E-state index in [-0.39, 0.29) is 24.5 Å². The van der Waals surface area contributed by atoms with E-state index in [4.69, 9.17) is 4.74 Å². The average molecular weight is 498 g/mol. The molecule has 0 aromatic heterocycles. The summed E-state index contributed by atoms with van der Waals surface area (Å²) in [7, 11) is 1.59. The van der Waals surface area contributed by atoms with E-state index in [1.165, 1.54) is 5.56 Å². The molecule has 0 spiro atoms. The summed E-state index contributed by atoms with van der Waals surface area (Å²) in [5.74, 6) is 7.31. The van der Waals surface area contributed by atoms with Crippen LogP contribution in [0.5, 0.6) is 5.75 Å². The molecule has 0 radical (unpaired) electrons. The number of nitrogens with zero attached hydrogens (tertiary/aromatic N) is 2. The molecule has 0 aliphatic carbocycles. The Labute approximate surface area is 217 Å². The SMILES string of the molecule is COc1ccc(NC(=O)N2C[C@@H](O)[C@@H](O)CN3C[C@H](c4ccc(C#Cc5ccccc5)cc4)[C@@H]3C2)cc1. The maximum Gasteiger partial charge on any atom is 0.321 e. The molecule has 37 heavy (non-hydrogen) atoms. The first kappa shape index (κ1) is 24.8. The van der Waals surface area contributed by atoms with Crippen molar-refractivity contribution in [3.05, 3.63) is 95.6 Å². The maximum atomic E-state index is 13.1. The number of nitrogens with one attached hydrogen (secondary N) is 1. The molecule has 7 heteroatoms. The number of rotatable bonds is 3. The molecular weight excluding hydrogens is 466 g/mol. The third-order valence-electron chi connectivity index (χ3n) is 7.14. The van der Waals surface area contributed by atoms with Crippen molar-refractivity contribution in [3.63, 3.8) is 0 Å². The molecule has 7 nitrogen and oxygen atoms in total. The number of carbonyl (C=O) groups is 1. The van der Waals surface area contributed by atoms with E-state index in [0.29, 0.717) is 24.5 Å². The van der Waals surface area contributed by atoms with Crippen LogP contribution in [0.1, 0.15) is 22.6 Å². The number of aliphatic hydroxyl groups excluding tert-OH is 2. The van der Waals surface area contributed by atoms with E-state index in [0.717, 1.165) is 17.7 Å². The number of benzene rings is 3. The van der Waals surface area contributed by atoms with Gasteiger partial charge in [0.1, 0.15) is 5.75 Å². The van der Waals surface area contributed by atoms with Crippen LogP contribution in [-0.4, -0.2) is 77.6 Å². The second-order valence-corrected chi connectivity index (χ2v) is 9.56. The molecule has 190 valence electrons. The summed E-state index contributed by atoms with van der Waals surface area (Å²) in [4.78, 5) is 16.9. The van der Waals surface area contributed by atoms with Gasteiger partial charge in [-0.1, -0.05) is 42.2 Å².